The van der Waals surface area contributed by atoms with Crippen molar-refractivity contribution >= 4 is 57.6 Å². The quantitative estimate of drug-likeness (QED) is 0.154. The molecule has 11 heteroatoms. The highest BCUT2D eigenvalue weighted by Crippen LogP contribution is 2.19. The molecule has 0 bridgehead atoms. The second-order valence-corrected chi connectivity index (χ2v) is 10.2. The summed E-state index contributed by atoms with van der Waals surface area (Å²) in [7, 11) is 0.165. The van der Waals surface area contributed by atoms with Crippen molar-refractivity contribution in [2.24, 2.45) is 4.99 Å². The van der Waals surface area contributed by atoms with Crippen molar-refractivity contribution in [3.8, 4) is 0 Å². The number of amides is 1. The molecule has 1 amide bonds. The van der Waals surface area contributed by atoms with Crippen LogP contribution in [0.5, 0.6) is 0 Å². The minimum Gasteiger partial charge on any atom is -0.356 e. The molecule has 1 aliphatic rings. The number of hydrogen-bond donors (Lipinski definition) is 2. The van der Waals surface area contributed by atoms with E-state index >= 15 is 0 Å². The number of sulfonamides is 1. The second kappa shape index (κ2) is 13.4. The van der Waals surface area contributed by atoms with Crippen molar-refractivity contribution in [2.75, 3.05) is 52.3 Å². The monoisotopic (exact) mass is 569 g/mol. The molecule has 0 unspecified atom stereocenters. The first-order valence-electron chi connectivity index (χ1n) is 9.64. The van der Waals surface area contributed by atoms with Crippen molar-refractivity contribution in [3.63, 3.8) is 0 Å². The third kappa shape index (κ3) is 9.40. The van der Waals surface area contributed by atoms with Crippen molar-refractivity contribution < 1.29 is 13.2 Å². The Morgan fingerprint density at radius 2 is 1.97 bits per heavy atom. The number of nitrogens with one attached hydrogen (secondary N) is 2. The number of thioether (sulfide) groups is 1. The largest absolute Gasteiger partial charge is 0.356 e. The van der Waals surface area contributed by atoms with Crippen molar-refractivity contribution in [3.05, 3.63) is 30.3 Å². The molecule has 0 spiro atoms. The Bertz CT molecular complexity index is 791. The SMILES string of the molecule is CN(C)C(=O)CN=C(NCCSc1ccccc1)NC[C@H]1CCCN1S(C)(=O)=O.I. The van der Waals surface area contributed by atoms with Crippen LogP contribution < -0.4 is 10.6 Å². The first kappa shape index (κ1) is 27.0. The van der Waals surface area contributed by atoms with Crippen molar-refractivity contribution in [1.29, 1.82) is 0 Å². The molecule has 0 aromatic heterocycles. The number of benzene rings is 1. The summed E-state index contributed by atoms with van der Waals surface area (Å²) in [6.45, 7) is 1.72. The first-order valence-corrected chi connectivity index (χ1v) is 12.5. The molecule has 30 heavy (non-hydrogen) atoms. The van der Waals surface area contributed by atoms with E-state index in [1.165, 1.54) is 20.4 Å². The van der Waals surface area contributed by atoms with Gasteiger partial charge in [-0.2, -0.15) is 4.31 Å². The van der Waals surface area contributed by atoms with Crippen LogP contribution in [-0.2, 0) is 14.8 Å². The van der Waals surface area contributed by atoms with Gasteiger partial charge in [0.2, 0.25) is 15.9 Å². The zero-order valence-corrected chi connectivity index (χ0v) is 21.7. The number of carbonyl (C=O) groups is 1. The van der Waals surface area contributed by atoms with Crippen LogP contribution in [0.1, 0.15) is 12.8 Å². The third-order valence-corrected chi connectivity index (χ3v) is 6.88. The number of likely N-dealkylation sites (N-methyl/N-ethyl adjacent to an activating group) is 1. The summed E-state index contributed by atoms with van der Waals surface area (Å²) in [5.41, 5.74) is 0. The number of hydrogen-bond acceptors (Lipinski definition) is 5. The van der Waals surface area contributed by atoms with Gasteiger partial charge in [-0.1, -0.05) is 18.2 Å². The molecule has 0 radical (unpaired) electrons. The normalized spacial score (nSPS) is 17.3. The number of rotatable bonds is 9. The minimum atomic E-state index is -3.22. The van der Waals surface area contributed by atoms with E-state index in [4.69, 9.17) is 0 Å². The molecule has 8 nitrogen and oxygen atoms in total. The fraction of sp³-hybridized carbons (Fsp3) is 0.579. The lowest BCUT2D eigenvalue weighted by atomic mass is 10.2. The Morgan fingerprint density at radius 1 is 1.27 bits per heavy atom. The van der Waals surface area contributed by atoms with E-state index in [2.05, 4.69) is 27.8 Å². The van der Waals surface area contributed by atoms with Gasteiger partial charge >= 0.3 is 0 Å². The van der Waals surface area contributed by atoms with Crippen LogP contribution in [0.25, 0.3) is 0 Å². The molecule has 1 heterocycles. The van der Waals surface area contributed by atoms with Gasteiger partial charge in [-0.3, -0.25) is 4.79 Å². The lowest BCUT2D eigenvalue weighted by Gasteiger charge is -2.23. The molecule has 1 fully saturated rings. The maximum Gasteiger partial charge on any atom is 0.243 e. The lowest BCUT2D eigenvalue weighted by molar-refractivity contribution is -0.127. The predicted octanol–water partition coefficient (Wildman–Crippen LogP) is 1.44. The van der Waals surface area contributed by atoms with Crippen molar-refractivity contribution in [1.82, 2.24) is 19.8 Å². The summed E-state index contributed by atoms with van der Waals surface area (Å²) in [6.07, 6.45) is 2.91. The maximum absolute atomic E-state index is 11.9. The van der Waals surface area contributed by atoms with Crippen LogP contribution >= 0.6 is 35.7 Å². The summed E-state index contributed by atoms with van der Waals surface area (Å²) in [6, 6.07) is 10.0. The fourth-order valence-electron chi connectivity index (χ4n) is 2.98. The molecule has 1 aliphatic heterocycles. The highest BCUT2D eigenvalue weighted by atomic mass is 127. The van der Waals surface area contributed by atoms with E-state index in [0.29, 0.717) is 25.6 Å². The number of guanidine groups is 1. The summed E-state index contributed by atoms with van der Waals surface area (Å²) >= 11 is 1.73. The zero-order valence-electron chi connectivity index (χ0n) is 17.7. The number of halogens is 1. The van der Waals surface area contributed by atoms with Gasteiger partial charge in [-0.05, 0) is 25.0 Å². The van der Waals surface area contributed by atoms with E-state index in [0.717, 1.165) is 18.6 Å². The van der Waals surface area contributed by atoms with Crippen LogP contribution in [0.2, 0.25) is 0 Å². The topological polar surface area (TPSA) is 94.1 Å². The Kier molecular flexibility index (Phi) is 12.0. The zero-order chi connectivity index (χ0) is 21.3. The number of aliphatic imine (C=N–C) groups is 1. The summed E-state index contributed by atoms with van der Waals surface area (Å²) in [5, 5.41) is 6.45. The van der Waals surface area contributed by atoms with E-state index in [-0.39, 0.29) is 42.5 Å². The van der Waals surface area contributed by atoms with Gasteiger partial charge < -0.3 is 15.5 Å². The molecule has 0 aliphatic carbocycles. The Morgan fingerprint density at radius 3 is 2.60 bits per heavy atom. The maximum atomic E-state index is 11.9. The third-order valence-electron chi connectivity index (χ3n) is 4.53. The average molecular weight is 570 g/mol. The van der Waals surface area contributed by atoms with E-state index in [9.17, 15) is 13.2 Å². The van der Waals surface area contributed by atoms with Crippen LogP contribution in [0.4, 0.5) is 0 Å². The lowest BCUT2D eigenvalue weighted by Crippen LogP contribution is -2.47. The van der Waals surface area contributed by atoms with Crippen molar-refractivity contribution in [2.45, 2.75) is 23.8 Å². The highest BCUT2D eigenvalue weighted by Gasteiger charge is 2.31. The Labute approximate surface area is 201 Å². The molecule has 1 atom stereocenters. The van der Waals surface area contributed by atoms with Gasteiger partial charge in [0.25, 0.3) is 0 Å². The average Bonchev–Trinajstić information content (AvgIpc) is 3.16. The van der Waals surface area contributed by atoms with Crippen LogP contribution in [0, 0.1) is 0 Å². The highest BCUT2D eigenvalue weighted by molar-refractivity contribution is 14.0. The summed E-state index contributed by atoms with van der Waals surface area (Å²) < 4.78 is 25.4. The van der Waals surface area contributed by atoms with E-state index in [1.54, 1.807) is 25.9 Å². The molecule has 1 aromatic carbocycles. The van der Waals surface area contributed by atoms with Crippen LogP contribution in [0.15, 0.2) is 40.2 Å². The Balaban J connectivity index is 0.00000450. The molecular formula is C19H32IN5O3S2. The molecule has 1 saturated heterocycles. The molecule has 2 rings (SSSR count). The van der Waals surface area contributed by atoms with Gasteiger partial charge in [-0.15, -0.1) is 35.7 Å². The van der Waals surface area contributed by atoms with Gasteiger partial charge in [0, 0.05) is 50.4 Å². The standard InChI is InChI=1S/C19H31N5O3S2.HI/c1-23(2)18(25)15-22-19(20-11-13-28-17-9-5-4-6-10-17)21-14-16-8-7-12-24(16)29(3,26)27;/h4-6,9-10,16H,7-8,11-15H2,1-3H3,(H2,20,21,22);1H/t16-;/m1./s1. The fourth-order valence-corrected chi connectivity index (χ4v) is 4.95. The Hall–Kier alpha value is -1.05. The van der Waals surface area contributed by atoms with Gasteiger partial charge in [-0.25, -0.2) is 13.4 Å². The van der Waals surface area contributed by atoms with Gasteiger partial charge in [0.15, 0.2) is 5.96 Å². The number of nitrogens with zero attached hydrogens (tertiary/aromatic N) is 3. The van der Waals surface area contributed by atoms with Gasteiger partial charge in [0.05, 0.1) is 6.26 Å². The smallest absolute Gasteiger partial charge is 0.243 e. The molecule has 1 aromatic rings. The van der Waals surface area contributed by atoms with Gasteiger partial charge in [0.1, 0.15) is 6.54 Å². The summed E-state index contributed by atoms with van der Waals surface area (Å²) in [4.78, 5) is 18.9. The van der Waals surface area contributed by atoms with Crippen LogP contribution in [0.3, 0.4) is 0 Å². The molecule has 170 valence electrons. The predicted molar refractivity (Wildman–Crippen MR) is 134 cm³/mol. The van der Waals surface area contributed by atoms with E-state index in [1.807, 2.05) is 18.2 Å². The minimum absolute atomic E-state index is 0. The number of carbonyl (C=O) groups excluding carboxylic acids is 1. The molecule has 2 N–H and O–H groups in total. The second-order valence-electron chi connectivity index (χ2n) is 7.09. The molecular weight excluding hydrogens is 537 g/mol. The molecule has 0 saturated carbocycles. The first-order chi connectivity index (χ1) is 13.8. The van der Waals surface area contributed by atoms with Crippen LogP contribution in [-0.4, -0.2) is 87.8 Å². The summed E-state index contributed by atoms with van der Waals surface area (Å²) in [5.74, 6) is 1.27. The van der Waals surface area contributed by atoms with E-state index < -0.39 is 10.0 Å².